The summed E-state index contributed by atoms with van der Waals surface area (Å²) in [6.07, 6.45) is 0. The SMILES string of the molecule is C=C(ON=C(C(=O)OC)c1csc(NC(=O)CCl)n1)C(=O)OC(C)(C)C. The number of hydrogen-bond donors (Lipinski definition) is 1. The van der Waals surface area contributed by atoms with E-state index in [4.69, 9.17) is 21.2 Å². The van der Waals surface area contributed by atoms with Crippen molar-refractivity contribution < 1.29 is 28.7 Å². The highest BCUT2D eigenvalue weighted by molar-refractivity contribution is 7.14. The molecule has 0 fully saturated rings. The van der Waals surface area contributed by atoms with E-state index >= 15 is 0 Å². The van der Waals surface area contributed by atoms with E-state index in [-0.39, 0.29) is 22.4 Å². The molecule has 0 atom stereocenters. The normalized spacial score (nSPS) is 11.5. The molecule has 0 bridgehead atoms. The number of carbonyl (C=O) groups excluding carboxylic acids is 3. The standard InChI is InChI=1S/C15H18ClN3O6S/c1-8(12(21)24-15(2,3)4)25-19-11(13(22)23-5)9-7-26-14(17-9)18-10(20)6-16/h7H,1,6H2,2-5H3,(H,17,18,20). The minimum atomic E-state index is -0.859. The fourth-order valence-corrected chi connectivity index (χ4v) is 2.13. The number of ether oxygens (including phenoxy) is 2. The predicted octanol–water partition coefficient (Wildman–Crippen LogP) is 2.07. The third-order valence-corrected chi connectivity index (χ3v) is 3.37. The van der Waals surface area contributed by atoms with Gasteiger partial charge in [-0.25, -0.2) is 14.6 Å². The van der Waals surface area contributed by atoms with Crippen molar-refractivity contribution in [3.63, 3.8) is 0 Å². The van der Waals surface area contributed by atoms with E-state index < -0.39 is 29.2 Å². The number of thiazole rings is 1. The molecule has 1 aromatic heterocycles. The van der Waals surface area contributed by atoms with Gasteiger partial charge in [-0.1, -0.05) is 5.16 Å². The number of aromatic nitrogens is 1. The van der Waals surface area contributed by atoms with Crippen LogP contribution in [-0.2, 0) is 28.7 Å². The molecule has 26 heavy (non-hydrogen) atoms. The molecule has 142 valence electrons. The van der Waals surface area contributed by atoms with Gasteiger partial charge in [0.2, 0.25) is 17.4 Å². The minimum Gasteiger partial charge on any atom is -0.464 e. The van der Waals surface area contributed by atoms with E-state index in [9.17, 15) is 14.4 Å². The van der Waals surface area contributed by atoms with Crippen molar-refractivity contribution in [1.29, 1.82) is 0 Å². The Morgan fingerprint density at radius 3 is 2.54 bits per heavy atom. The topological polar surface area (TPSA) is 116 Å². The number of oxime groups is 1. The zero-order chi connectivity index (χ0) is 19.9. The molecule has 0 aliphatic carbocycles. The second-order valence-corrected chi connectivity index (χ2v) is 6.79. The molecule has 11 heteroatoms. The molecular weight excluding hydrogens is 386 g/mol. The Bertz CT molecular complexity index is 738. The Kier molecular flexibility index (Phi) is 7.72. The highest BCUT2D eigenvalue weighted by Crippen LogP contribution is 2.17. The van der Waals surface area contributed by atoms with Crippen LogP contribution in [0.4, 0.5) is 5.13 Å². The van der Waals surface area contributed by atoms with Crippen molar-refractivity contribution >= 4 is 51.6 Å². The Morgan fingerprint density at radius 1 is 1.35 bits per heavy atom. The van der Waals surface area contributed by atoms with Crippen LogP contribution in [0.5, 0.6) is 0 Å². The van der Waals surface area contributed by atoms with Gasteiger partial charge in [0.15, 0.2) is 5.13 Å². The van der Waals surface area contributed by atoms with Gasteiger partial charge in [0, 0.05) is 5.38 Å². The predicted molar refractivity (Wildman–Crippen MR) is 96.1 cm³/mol. The largest absolute Gasteiger partial charge is 0.464 e. The van der Waals surface area contributed by atoms with Crippen LogP contribution in [0, 0.1) is 0 Å². The molecule has 0 saturated heterocycles. The van der Waals surface area contributed by atoms with E-state index in [0.717, 1.165) is 18.4 Å². The van der Waals surface area contributed by atoms with Crippen molar-refractivity contribution in [2.24, 2.45) is 5.16 Å². The molecule has 1 heterocycles. The average molecular weight is 404 g/mol. The number of rotatable bonds is 7. The van der Waals surface area contributed by atoms with Crippen LogP contribution in [0.2, 0.25) is 0 Å². The van der Waals surface area contributed by atoms with Gasteiger partial charge in [-0.15, -0.1) is 22.9 Å². The van der Waals surface area contributed by atoms with Crippen LogP contribution in [0.25, 0.3) is 0 Å². The van der Waals surface area contributed by atoms with Gasteiger partial charge in [0.05, 0.1) is 7.11 Å². The number of carbonyl (C=O) groups is 3. The van der Waals surface area contributed by atoms with Gasteiger partial charge in [-0.3, -0.25) is 4.79 Å². The Labute approximate surface area is 159 Å². The molecule has 9 nitrogen and oxygen atoms in total. The third kappa shape index (κ3) is 6.81. The van der Waals surface area contributed by atoms with Crippen molar-refractivity contribution in [2.75, 3.05) is 18.3 Å². The molecule has 0 aliphatic rings. The summed E-state index contributed by atoms with van der Waals surface area (Å²) in [6.45, 7) is 8.42. The molecule has 1 rings (SSSR count). The number of halogens is 1. The lowest BCUT2D eigenvalue weighted by Crippen LogP contribution is -2.25. The molecule has 0 saturated carbocycles. The number of amides is 1. The smallest absolute Gasteiger partial charge is 0.376 e. The maximum Gasteiger partial charge on any atom is 0.376 e. The average Bonchev–Trinajstić information content (AvgIpc) is 3.00. The molecule has 0 aromatic carbocycles. The number of anilines is 1. The lowest BCUT2D eigenvalue weighted by Gasteiger charge is -2.19. The quantitative estimate of drug-likeness (QED) is 0.185. The zero-order valence-corrected chi connectivity index (χ0v) is 16.2. The molecule has 1 N–H and O–H groups in total. The molecule has 1 aromatic rings. The number of alkyl halides is 1. The molecule has 0 aliphatic heterocycles. The molecule has 0 unspecified atom stereocenters. The van der Waals surface area contributed by atoms with Gasteiger partial charge >= 0.3 is 11.9 Å². The minimum absolute atomic E-state index is 0.0729. The van der Waals surface area contributed by atoms with Crippen molar-refractivity contribution in [3.8, 4) is 0 Å². The van der Waals surface area contributed by atoms with Crippen molar-refractivity contribution in [2.45, 2.75) is 26.4 Å². The van der Waals surface area contributed by atoms with E-state index in [0.29, 0.717) is 0 Å². The third-order valence-electron chi connectivity index (χ3n) is 2.37. The fraction of sp³-hybridized carbons (Fsp3) is 0.400. The Morgan fingerprint density at radius 2 is 2.00 bits per heavy atom. The maximum atomic E-state index is 11.9. The first-order valence-electron chi connectivity index (χ1n) is 7.14. The van der Waals surface area contributed by atoms with Crippen molar-refractivity contribution in [3.05, 3.63) is 23.4 Å². The summed E-state index contributed by atoms with van der Waals surface area (Å²) in [5.41, 5.74) is -0.994. The lowest BCUT2D eigenvalue weighted by molar-refractivity contribution is -0.154. The zero-order valence-electron chi connectivity index (χ0n) is 14.6. The summed E-state index contributed by atoms with van der Waals surface area (Å²) in [7, 11) is 1.14. The van der Waals surface area contributed by atoms with E-state index in [2.05, 4.69) is 26.8 Å². The van der Waals surface area contributed by atoms with Gasteiger partial charge in [-0.05, 0) is 27.4 Å². The first-order chi connectivity index (χ1) is 12.1. The highest BCUT2D eigenvalue weighted by atomic mass is 35.5. The van der Waals surface area contributed by atoms with Crippen LogP contribution in [0.1, 0.15) is 26.5 Å². The summed E-state index contributed by atoms with van der Waals surface area (Å²) >= 11 is 6.44. The van der Waals surface area contributed by atoms with Crippen LogP contribution in [0.3, 0.4) is 0 Å². The number of methoxy groups -OCH3 is 1. The summed E-state index contributed by atoms with van der Waals surface area (Å²) in [5, 5.41) is 7.65. The van der Waals surface area contributed by atoms with Gasteiger partial charge < -0.3 is 19.6 Å². The first kappa shape index (κ1) is 21.6. The van der Waals surface area contributed by atoms with Crippen LogP contribution < -0.4 is 5.32 Å². The Hall–Kier alpha value is -2.46. The molecule has 0 radical (unpaired) electrons. The van der Waals surface area contributed by atoms with E-state index in [1.54, 1.807) is 20.8 Å². The summed E-state index contributed by atoms with van der Waals surface area (Å²) < 4.78 is 9.67. The second kappa shape index (κ2) is 9.30. The second-order valence-electron chi connectivity index (χ2n) is 5.67. The number of hydrogen-bond acceptors (Lipinski definition) is 9. The molecule has 0 spiro atoms. The monoisotopic (exact) mass is 403 g/mol. The molecular formula is C15H18ClN3O6S. The van der Waals surface area contributed by atoms with Gasteiger partial charge in [0.25, 0.3) is 0 Å². The summed E-state index contributed by atoms with van der Waals surface area (Å²) in [5.74, 6) is -2.82. The van der Waals surface area contributed by atoms with Crippen LogP contribution in [0.15, 0.2) is 22.9 Å². The number of nitrogens with zero attached hydrogens (tertiary/aromatic N) is 2. The number of esters is 2. The number of nitrogens with one attached hydrogen (secondary N) is 1. The Balaban J connectivity index is 2.95. The van der Waals surface area contributed by atoms with Gasteiger partial charge in [0.1, 0.15) is 17.2 Å². The van der Waals surface area contributed by atoms with E-state index in [1.807, 2.05) is 0 Å². The summed E-state index contributed by atoms with van der Waals surface area (Å²) in [6, 6.07) is 0. The van der Waals surface area contributed by atoms with Crippen LogP contribution in [-0.4, -0.2) is 47.1 Å². The van der Waals surface area contributed by atoms with Crippen molar-refractivity contribution in [1.82, 2.24) is 4.98 Å². The van der Waals surface area contributed by atoms with Gasteiger partial charge in [-0.2, -0.15) is 0 Å². The first-order valence-corrected chi connectivity index (χ1v) is 8.56. The van der Waals surface area contributed by atoms with E-state index in [1.165, 1.54) is 5.38 Å². The lowest BCUT2D eigenvalue weighted by atomic mass is 10.2. The maximum absolute atomic E-state index is 11.9. The van der Waals surface area contributed by atoms with Crippen LogP contribution >= 0.6 is 22.9 Å². The highest BCUT2D eigenvalue weighted by Gasteiger charge is 2.23. The fourth-order valence-electron chi connectivity index (χ4n) is 1.35. The molecule has 1 amide bonds. The summed E-state index contributed by atoms with van der Waals surface area (Å²) in [4.78, 5) is 43.9.